The Balaban J connectivity index is 1.70. The van der Waals surface area contributed by atoms with Gasteiger partial charge in [-0.05, 0) is 49.3 Å². The molecule has 0 radical (unpaired) electrons. The highest BCUT2D eigenvalue weighted by Gasteiger charge is 2.26. The summed E-state index contributed by atoms with van der Waals surface area (Å²) in [5, 5.41) is 9.21. The first kappa shape index (κ1) is 15.2. The molecule has 1 aliphatic carbocycles. The van der Waals surface area contributed by atoms with Crippen LogP contribution in [0.25, 0.3) is 0 Å². The molecule has 3 rings (SSSR count). The van der Waals surface area contributed by atoms with Crippen LogP contribution in [-0.4, -0.2) is 35.4 Å². The Morgan fingerprint density at radius 2 is 1.95 bits per heavy atom. The Bertz CT molecular complexity index is 537. The fourth-order valence-electron chi connectivity index (χ4n) is 3.37. The molecule has 0 unspecified atom stereocenters. The summed E-state index contributed by atoms with van der Waals surface area (Å²) in [6.45, 7) is 3.27. The molecule has 1 saturated carbocycles. The standard InChI is InChI=1S/C17H23NO4/c1-12-2-5-14(6-3-12)18(10-17(19)20)9-13-4-7-15-16(8-13)22-11-21-15/h4,7-8,12,14H,2-3,5-6,9-11H2,1H3,(H,19,20). The molecule has 1 fully saturated rings. The van der Waals surface area contributed by atoms with Crippen molar-refractivity contribution in [2.45, 2.75) is 45.2 Å². The molecular formula is C17H23NO4. The molecular weight excluding hydrogens is 282 g/mol. The van der Waals surface area contributed by atoms with Gasteiger partial charge in [-0.15, -0.1) is 0 Å². The Labute approximate surface area is 130 Å². The lowest BCUT2D eigenvalue weighted by Gasteiger charge is -2.35. The third-order valence-corrected chi connectivity index (χ3v) is 4.66. The molecule has 5 nitrogen and oxygen atoms in total. The van der Waals surface area contributed by atoms with Crippen molar-refractivity contribution in [3.05, 3.63) is 23.8 Å². The van der Waals surface area contributed by atoms with Gasteiger partial charge in [0.15, 0.2) is 11.5 Å². The lowest BCUT2D eigenvalue weighted by Crippen LogP contribution is -2.40. The number of hydrogen-bond donors (Lipinski definition) is 1. The first-order chi connectivity index (χ1) is 10.6. The van der Waals surface area contributed by atoms with Crippen molar-refractivity contribution in [1.29, 1.82) is 0 Å². The molecule has 1 aromatic rings. The number of carbonyl (C=O) groups is 1. The smallest absolute Gasteiger partial charge is 0.317 e. The van der Waals surface area contributed by atoms with Crippen LogP contribution in [0.3, 0.4) is 0 Å². The fourth-order valence-corrected chi connectivity index (χ4v) is 3.37. The molecule has 2 aliphatic rings. The Hall–Kier alpha value is -1.75. The van der Waals surface area contributed by atoms with Crippen LogP contribution in [0.5, 0.6) is 11.5 Å². The van der Waals surface area contributed by atoms with Crippen LogP contribution in [-0.2, 0) is 11.3 Å². The minimum absolute atomic E-state index is 0.0908. The van der Waals surface area contributed by atoms with Gasteiger partial charge in [-0.3, -0.25) is 9.69 Å². The maximum absolute atomic E-state index is 11.2. The molecule has 0 aromatic heterocycles. The average molecular weight is 305 g/mol. The topological polar surface area (TPSA) is 59.0 Å². The van der Waals surface area contributed by atoms with Gasteiger partial charge >= 0.3 is 5.97 Å². The number of nitrogens with zero attached hydrogens (tertiary/aromatic N) is 1. The molecule has 1 N–H and O–H groups in total. The maximum Gasteiger partial charge on any atom is 0.317 e. The maximum atomic E-state index is 11.2. The zero-order valence-corrected chi connectivity index (χ0v) is 13.0. The minimum Gasteiger partial charge on any atom is -0.480 e. The third kappa shape index (κ3) is 3.53. The summed E-state index contributed by atoms with van der Waals surface area (Å²) >= 11 is 0. The van der Waals surface area contributed by atoms with E-state index in [4.69, 9.17) is 9.47 Å². The molecule has 0 spiro atoms. The Morgan fingerprint density at radius 1 is 1.23 bits per heavy atom. The van der Waals surface area contributed by atoms with E-state index < -0.39 is 5.97 Å². The van der Waals surface area contributed by atoms with Crippen LogP contribution in [0.2, 0.25) is 0 Å². The first-order valence-electron chi connectivity index (χ1n) is 7.96. The molecule has 0 atom stereocenters. The van der Waals surface area contributed by atoms with Crippen molar-refractivity contribution in [3.8, 4) is 11.5 Å². The second-order valence-electron chi connectivity index (χ2n) is 6.40. The molecule has 0 amide bonds. The highest BCUT2D eigenvalue weighted by atomic mass is 16.7. The van der Waals surface area contributed by atoms with Gasteiger partial charge in [0.1, 0.15) is 0 Å². The third-order valence-electron chi connectivity index (χ3n) is 4.66. The van der Waals surface area contributed by atoms with Crippen molar-refractivity contribution in [3.63, 3.8) is 0 Å². The van der Waals surface area contributed by atoms with E-state index in [2.05, 4.69) is 11.8 Å². The predicted octanol–water partition coefficient (Wildman–Crippen LogP) is 2.88. The molecule has 0 bridgehead atoms. The highest BCUT2D eigenvalue weighted by molar-refractivity contribution is 5.69. The van der Waals surface area contributed by atoms with Gasteiger partial charge < -0.3 is 14.6 Å². The van der Waals surface area contributed by atoms with E-state index in [-0.39, 0.29) is 13.3 Å². The van der Waals surface area contributed by atoms with Gasteiger partial charge in [0.25, 0.3) is 0 Å². The van der Waals surface area contributed by atoms with E-state index in [0.717, 1.165) is 35.8 Å². The van der Waals surface area contributed by atoms with E-state index in [0.29, 0.717) is 12.6 Å². The number of carboxylic acid groups (broad SMARTS) is 1. The number of fused-ring (bicyclic) bond motifs is 1. The zero-order valence-electron chi connectivity index (χ0n) is 13.0. The summed E-state index contributed by atoms with van der Waals surface area (Å²) < 4.78 is 10.7. The summed E-state index contributed by atoms with van der Waals surface area (Å²) in [4.78, 5) is 13.3. The van der Waals surface area contributed by atoms with Crippen LogP contribution in [0.15, 0.2) is 18.2 Å². The van der Waals surface area contributed by atoms with Crippen molar-refractivity contribution in [2.24, 2.45) is 5.92 Å². The lowest BCUT2D eigenvalue weighted by atomic mass is 9.86. The number of ether oxygens (including phenoxy) is 2. The summed E-state index contributed by atoms with van der Waals surface area (Å²) in [6, 6.07) is 6.22. The minimum atomic E-state index is -0.764. The van der Waals surface area contributed by atoms with Gasteiger partial charge in [0, 0.05) is 12.6 Å². The second kappa shape index (κ2) is 6.57. The van der Waals surface area contributed by atoms with Crippen LogP contribution in [0.4, 0.5) is 0 Å². The summed E-state index contributed by atoms with van der Waals surface area (Å²) in [7, 11) is 0. The van der Waals surface area contributed by atoms with Gasteiger partial charge in [-0.2, -0.15) is 0 Å². The molecule has 120 valence electrons. The van der Waals surface area contributed by atoms with Crippen LogP contribution >= 0.6 is 0 Å². The monoisotopic (exact) mass is 305 g/mol. The van der Waals surface area contributed by atoms with Gasteiger partial charge in [-0.25, -0.2) is 0 Å². The summed E-state index contributed by atoms with van der Waals surface area (Å²) in [6.07, 6.45) is 4.53. The Kier molecular flexibility index (Phi) is 4.52. The quantitative estimate of drug-likeness (QED) is 0.906. The molecule has 1 heterocycles. The number of benzene rings is 1. The van der Waals surface area contributed by atoms with E-state index in [9.17, 15) is 9.90 Å². The highest BCUT2D eigenvalue weighted by Crippen LogP contribution is 2.34. The Morgan fingerprint density at radius 3 is 2.68 bits per heavy atom. The average Bonchev–Trinajstić information content (AvgIpc) is 2.94. The largest absolute Gasteiger partial charge is 0.480 e. The van der Waals surface area contributed by atoms with E-state index >= 15 is 0 Å². The summed E-state index contributed by atoms with van der Waals surface area (Å²) in [5.41, 5.74) is 1.07. The predicted molar refractivity (Wildman–Crippen MR) is 82.0 cm³/mol. The summed E-state index contributed by atoms with van der Waals surface area (Å²) in [5.74, 6) is 1.51. The second-order valence-corrected chi connectivity index (χ2v) is 6.40. The van der Waals surface area contributed by atoms with E-state index in [1.807, 2.05) is 18.2 Å². The van der Waals surface area contributed by atoms with Crippen molar-refractivity contribution >= 4 is 5.97 Å². The van der Waals surface area contributed by atoms with Gasteiger partial charge in [-0.1, -0.05) is 13.0 Å². The number of carboxylic acids is 1. The molecule has 1 aliphatic heterocycles. The molecule has 5 heteroatoms. The fraction of sp³-hybridized carbons (Fsp3) is 0.588. The molecule has 0 saturated heterocycles. The van der Waals surface area contributed by atoms with Crippen LogP contribution in [0, 0.1) is 5.92 Å². The lowest BCUT2D eigenvalue weighted by molar-refractivity contribution is -0.139. The molecule has 22 heavy (non-hydrogen) atoms. The van der Waals surface area contributed by atoms with Gasteiger partial charge in [0.05, 0.1) is 6.54 Å². The van der Waals surface area contributed by atoms with Crippen LogP contribution in [0.1, 0.15) is 38.2 Å². The SMILES string of the molecule is CC1CCC(N(CC(=O)O)Cc2ccc3c(c2)OCO3)CC1. The van der Waals surface area contributed by atoms with Crippen molar-refractivity contribution < 1.29 is 19.4 Å². The van der Waals surface area contributed by atoms with E-state index in [1.54, 1.807) is 0 Å². The van der Waals surface area contributed by atoms with Crippen molar-refractivity contribution in [1.82, 2.24) is 4.90 Å². The zero-order chi connectivity index (χ0) is 15.5. The van der Waals surface area contributed by atoms with Crippen molar-refractivity contribution in [2.75, 3.05) is 13.3 Å². The van der Waals surface area contributed by atoms with E-state index in [1.165, 1.54) is 12.8 Å². The molecule has 1 aromatic carbocycles. The normalized spacial score (nSPS) is 23.7. The number of aliphatic carboxylic acids is 1. The van der Waals surface area contributed by atoms with Gasteiger partial charge in [0.2, 0.25) is 6.79 Å². The number of hydrogen-bond acceptors (Lipinski definition) is 4. The first-order valence-corrected chi connectivity index (χ1v) is 7.96. The van der Waals surface area contributed by atoms with Crippen LogP contribution < -0.4 is 9.47 Å². The number of rotatable bonds is 5.